The number of nitrogens with zero attached hydrogens (tertiary/aromatic N) is 2. The number of ether oxygens (including phenoxy) is 2. The van der Waals surface area contributed by atoms with Crippen LogP contribution >= 0.6 is 0 Å². The van der Waals surface area contributed by atoms with Gasteiger partial charge >= 0.3 is 6.09 Å². The molecule has 2 aliphatic heterocycles. The van der Waals surface area contributed by atoms with Gasteiger partial charge in [-0.25, -0.2) is 4.79 Å². The van der Waals surface area contributed by atoms with Crippen LogP contribution in [-0.4, -0.2) is 66.3 Å². The zero-order valence-corrected chi connectivity index (χ0v) is 17.7. The topological polar surface area (TPSA) is 59.1 Å². The van der Waals surface area contributed by atoms with E-state index in [0.29, 0.717) is 19.7 Å². The average Bonchev–Trinajstić information content (AvgIpc) is 2.89. The molecule has 1 unspecified atom stereocenters. The number of carbonyl (C=O) groups excluding carboxylic acids is 2. The van der Waals surface area contributed by atoms with Crippen LogP contribution in [-0.2, 0) is 14.3 Å². The van der Waals surface area contributed by atoms with Crippen LogP contribution in [0.25, 0.3) is 5.57 Å². The Hall–Kier alpha value is -2.34. The Bertz CT molecular complexity index is 813. The van der Waals surface area contributed by atoms with Crippen molar-refractivity contribution in [2.24, 2.45) is 5.41 Å². The van der Waals surface area contributed by atoms with Gasteiger partial charge in [0.05, 0.1) is 12.6 Å². The maximum atomic E-state index is 12.8. The second kappa shape index (κ2) is 7.17. The number of hydrogen-bond donors (Lipinski definition) is 0. The van der Waals surface area contributed by atoms with Crippen molar-refractivity contribution < 1.29 is 19.1 Å². The molecule has 1 aliphatic carbocycles. The van der Waals surface area contributed by atoms with Crippen molar-refractivity contribution in [3.63, 3.8) is 0 Å². The van der Waals surface area contributed by atoms with Crippen LogP contribution < -0.4 is 0 Å². The number of carbonyl (C=O) groups is 2. The van der Waals surface area contributed by atoms with Crippen molar-refractivity contribution in [3.05, 3.63) is 42.0 Å². The molecule has 6 nitrogen and oxygen atoms in total. The normalized spacial score (nSPS) is 23.7. The predicted octanol–water partition coefficient (Wildman–Crippen LogP) is 3.33. The molecule has 1 saturated heterocycles. The summed E-state index contributed by atoms with van der Waals surface area (Å²) in [7, 11) is 1.68. The van der Waals surface area contributed by atoms with Crippen molar-refractivity contribution in [2.75, 3.05) is 26.8 Å². The highest BCUT2D eigenvalue weighted by Crippen LogP contribution is 2.52. The predicted molar refractivity (Wildman–Crippen MR) is 110 cm³/mol. The van der Waals surface area contributed by atoms with E-state index in [0.717, 1.165) is 24.0 Å². The Labute approximate surface area is 172 Å². The monoisotopic (exact) mass is 398 g/mol. The third-order valence-electron chi connectivity index (χ3n) is 6.09. The van der Waals surface area contributed by atoms with Crippen molar-refractivity contribution >= 4 is 17.6 Å². The van der Waals surface area contributed by atoms with E-state index in [1.807, 2.05) is 56.0 Å². The van der Waals surface area contributed by atoms with Crippen molar-refractivity contribution in [1.82, 2.24) is 9.80 Å². The minimum absolute atomic E-state index is 0.0562. The molecule has 0 bridgehead atoms. The molecule has 0 N–H and O–H groups in total. The van der Waals surface area contributed by atoms with Gasteiger partial charge in [-0.3, -0.25) is 4.79 Å². The minimum atomic E-state index is -0.475. The fourth-order valence-corrected chi connectivity index (χ4v) is 4.89. The summed E-state index contributed by atoms with van der Waals surface area (Å²) in [5, 5.41) is 0. The highest BCUT2D eigenvalue weighted by atomic mass is 16.6. The van der Waals surface area contributed by atoms with Crippen molar-refractivity contribution in [2.45, 2.75) is 51.3 Å². The zero-order valence-electron chi connectivity index (χ0n) is 17.7. The molecule has 1 spiro atoms. The molecule has 29 heavy (non-hydrogen) atoms. The largest absolute Gasteiger partial charge is 0.444 e. The number of rotatable bonds is 4. The molecule has 0 aromatic heterocycles. The van der Waals surface area contributed by atoms with Crippen LogP contribution in [0.3, 0.4) is 0 Å². The average molecular weight is 399 g/mol. The van der Waals surface area contributed by atoms with Crippen LogP contribution in [0, 0.1) is 5.41 Å². The first kappa shape index (κ1) is 20.0. The Morgan fingerprint density at radius 1 is 1.17 bits per heavy atom. The van der Waals surface area contributed by atoms with Gasteiger partial charge in [0, 0.05) is 37.7 Å². The highest BCUT2D eigenvalue weighted by molar-refractivity contribution is 6.02. The van der Waals surface area contributed by atoms with Gasteiger partial charge in [-0.15, -0.1) is 0 Å². The molecular formula is C23H30N2O4. The number of methoxy groups -OCH3 is 1. The molecule has 3 aliphatic rings. The number of hydrogen-bond acceptors (Lipinski definition) is 4. The molecule has 1 aromatic rings. The highest BCUT2D eigenvalue weighted by Gasteiger charge is 2.57. The van der Waals surface area contributed by atoms with Gasteiger partial charge in [0.25, 0.3) is 0 Å². The molecule has 1 atom stereocenters. The van der Waals surface area contributed by atoms with Gasteiger partial charge in [-0.1, -0.05) is 30.3 Å². The minimum Gasteiger partial charge on any atom is -0.444 e. The fourth-order valence-electron chi connectivity index (χ4n) is 4.89. The summed E-state index contributed by atoms with van der Waals surface area (Å²) < 4.78 is 10.9. The summed E-state index contributed by atoms with van der Waals surface area (Å²) in [6.45, 7) is 7.56. The Morgan fingerprint density at radius 2 is 1.83 bits per heavy atom. The van der Waals surface area contributed by atoms with E-state index in [-0.39, 0.29) is 29.5 Å². The van der Waals surface area contributed by atoms with Gasteiger partial charge in [-0.05, 0) is 44.7 Å². The summed E-state index contributed by atoms with van der Waals surface area (Å²) in [6, 6.07) is 10.2. The molecular weight excluding hydrogens is 368 g/mol. The third kappa shape index (κ3) is 3.78. The van der Waals surface area contributed by atoms with E-state index in [1.54, 1.807) is 18.1 Å². The second-order valence-electron chi connectivity index (χ2n) is 9.58. The first-order valence-electron chi connectivity index (χ1n) is 10.3. The lowest BCUT2D eigenvalue weighted by Gasteiger charge is -2.60. The van der Waals surface area contributed by atoms with E-state index in [1.165, 1.54) is 0 Å². The van der Waals surface area contributed by atoms with Gasteiger partial charge in [0.2, 0.25) is 5.91 Å². The van der Waals surface area contributed by atoms with Crippen molar-refractivity contribution in [3.8, 4) is 0 Å². The lowest BCUT2D eigenvalue weighted by atomic mass is 9.60. The van der Waals surface area contributed by atoms with E-state index in [9.17, 15) is 9.59 Å². The van der Waals surface area contributed by atoms with E-state index < -0.39 is 5.60 Å². The molecule has 156 valence electrons. The first-order chi connectivity index (χ1) is 13.7. The van der Waals surface area contributed by atoms with Crippen LogP contribution in [0.4, 0.5) is 4.79 Å². The molecule has 6 heteroatoms. The maximum Gasteiger partial charge on any atom is 0.410 e. The van der Waals surface area contributed by atoms with Crippen molar-refractivity contribution in [1.29, 1.82) is 0 Å². The SMILES string of the molecule is COCC1C(c2ccccc2)=CC(=O)N1C1CC2(C1)CN(C(=O)OC(C)(C)C)C2. The summed E-state index contributed by atoms with van der Waals surface area (Å²) in [6.07, 6.45) is 3.37. The summed E-state index contributed by atoms with van der Waals surface area (Å²) in [5.41, 5.74) is 1.76. The van der Waals surface area contributed by atoms with Gasteiger partial charge in [0.1, 0.15) is 5.60 Å². The summed E-state index contributed by atoms with van der Waals surface area (Å²) >= 11 is 0. The van der Waals surface area contributed by atoms with E-state index in [4.69, 9.17) is 9.47 Å². The smallest absolute Gasteiger partial charge is 0.410 e. The lowest BCUT2D eigenvalue weighted by Crippen LogP contribution is -2.68. The lowest BCUT2D eigenvalue weighted by molar-refractivity contribution is -0.145. The molecule has 2 amide bonds. The molecule has 2 heterocycles. The van der Waals surface area contributed by atoms with Crippen LogP contribution in [0.2, 0.25) is 0 Å². The Kier molecular flexibility index (Phi) is 4.93. The maximum absolute atomic E-state index is 12.8. The van der Waals surface area contributed by atoms with E-state index in [2.05, 4.69) is 0 Å². The van der Waals surface area contributed by atoms with Crippen LogP contribution in [0.1, 0.15) is 39.2 Å². The van der Waals surface area contributed by atoms with Gasteiger partial charge in [-0.2, -0.15) is 0 Å². The van der Waals surface area contributed by atoms with Crippen LogP contribution in [0.15, 0.2) is 36.4 Å². The molecule has 2 fully saturated rings. The third-order valence-corrected chi connectivity index (χ3v) is 6.09. The fraction of sp³-hybridized carbons (Fsp3) is 0.565. The van der Waals surface area contributed by atoms with Crippen LogP contribution in [0.5, 0.6) is 0 Å². The Balaban J connectivity index is 1.38. The first-order valence-corrected chi connectivity index (χ1v) is 10.3. The standard InChI is InChI=1S/C23H30N2O4/c1-22(2,3)29-21(27)24-14-23(15-24)11-17(12-23)25-19(13-28-4)18(10-20(25)26)16-8-6-5-7-9-16/h5-10,17,19H,11-15H2,1-4H3. The molecule has 4 rings (SSSR count). The van der Waals surface area contributed by atoms with E-state index >= 15 is 0 Å². The zero-order chi connectivity index (χ0) is 20.8. The van der Waals surface area contributed by atoms with Gasteiger partial charge < -0.3 is 19.3 Å². The quantitative estimate of drug-likeness (QED) is 0.781. The number of amides is 2. The number of benzene rings is 1. The second-order valence-corrected chi connectivity index (χ2v) is 9.58. The Morgan fingerprint density at radius 3 is 2.41 bits per heavy atom. The molecule has 0 radical (unpaired) electrons. The number of likely N-dealkylation sites (tertiary alicyclic amines) is 1. The van der Waals surface area contributed by atoms with Gasteiger partial charge in [0.15, 0.2) is 0 Å². The molecule has 1 aromatic carbocycles. The summed E-state index contributed by atoms with van der Waals surface area (Å²) in [4.78, 5) is 28.8. The molecule has 1 saturated carbocycles. The summed E-state index contributed by atoms with van der Waals surface area (Å²) in [5.74, 6) is 0.0640.